The number of benzene rings is 1. The monoisotopic (exact) mass is 328 g/mol. The molecule has 6 heteroatoms. The molecule has 0 radical (unpaired) electrons. The van der Waals surface area contributed by atoms with Crippen LogP contribution in [0, 0.1) is 11.7 Å². The molecule has 3 atom stereocenters. The Bertz CT molecular complexity index is 500. The van der Waals surface area contributed by atoms with Crippen LogP contribution in [-0.4, -0.2) is 28.8 Å². The van der Waals surface area contributed by atoms with Gasteiger partial charge >= 0.3 is 0 Å². The molecular weight excluding hydrogens is 302 g/mol. The lowest BCUT2D eigenvalue weighted by atomic mass is 9.88. The van der Waals surface area contributed by atoms with Crippen molar-refractivity contribution in [1.82, 2.24) is 0 Å². The van der Waals surface area contributed by atoms with Gasteiger partial charge in [-0.1, -0.05) is 12.1 Å². The minimum atomic E-state index is -1.39. The quantitative estimate of drug-likeness (QED) is 0.648. The molecule has 23 heavy (non-hydrogen) atoms. The molecule has 0 saturated carbocycles. The van der Waals surface area contributed by atoms with Crippen LogP contribution in [-0.2, 0) is 11.2 Å². The van der Waals surface area contributed by atoms with E-state index in [0.29, 0.717) is 6.42 Å². The lowest BCUT2D eigenvalue weighted by molar-refractivity contribution is -0.123. The van der Waals surface area contributed by atoms with Gasteiger partial charge in [0.2, 0.25) is 5.91 Å². The summed E-state index contributed by atoms with van der Waals surface area (Å²) in [5, 5.41) is 10.2. The fourth-order valence-corrected chi connectivity index (χ4v) is 2.39. The molecule has 5 N–H and O–H groups in total. The zero-order chi connectivity index (χ0) is 17.6. The highest BCUT2D eigenvalue weighted by molar-refractivity contribution is 5.76. The first-order valence-corrected chi connectivity index (χ1v) is 7.75. The second-order valence-electron chi connectivity index (χ2n) is 6.65. The number of hydrogen-bond donors (Lipinski definition) is 3. The van der Waals surface area contributed by atoms with Crippen LogP contribution in [0.1, 0.15) is 38.7 Å². The van der Waals surface area contributed by atoms with Gasteiger partial charge in [0.05, 0.1) is 6.10 Å². The number of hydrogen-bond acceptors (Lipinski definition) is 3. The van der Waals surface area contributed by atoms with Gasteiger partial charge < -0.3 is 16.6 Å². The Hall–Kier alpha value is -1.53. The highest BCUT2D eigenvalue weighted by Gasteiger charge is 2.26. The van der Waals surface area contributed by atoms with E-state index in [0.717, 1.165) is 5.56 Å². The third kappa shape index (κ3) is 7.52. The average molecular weight is 328 g/mol. The molecule has 0 fully saturated rings. The van der Waals surface area contributed by atoms with Crippen molar-refractivity contribution >= 4 is 5.91 Å². The lowest BCUT2D eigenvalue weighted by Gasteiger charge is -2.24. The third-order valence-corrected chi connectivity index (χ3v) is 3.89. The fourth-order valence-electron chi connectivity index (χ4n) is 2.39. The Kier molecular flexibility index (Phi) is 7.09. The van der Waals surface area contributed by atoms with E-state index in [1.54, 1.807) is 12.1 Å². The molecule has 1 amide bonds. The number of amides is 1. The highest BCUT2D eigenvalue weighted by atomic mass is 19.1. The van der Waals surface area contributed by atoms with Gasteiger partial charge in [0, 0.05) is 12.0 Å². The van der Waals surface area contributed by atoms with Crippen molar-refractivity contribution in [3.63, 3.8) is 0 Å². The van der Waals surface area contributed by atoms with E-state index in [1.807, 2.05) is 0 Å². The van der Waals surface area contributed by atoms with E-state index < -0.39 is 29.6 Å². The summed E-state index contributed by atoms with van der Waals surface area (Å²) in [6.07, 6.45) is -0.0603. The van der Waals surface area contributed by atoms with Crippen molar-refractivity contribution in [3.8, 4) is 0 Å². The molecule has 0 heterocycles. The summed E-state index contributed by atoms with van der Waals surface area (Å²) >= 11 is 0. The van der Waals surface area contributed by atoms with Crippen LogP contribution >= 0.6 is 0 Å². The van der Waals surface area contributed by atoms with Crippen LogP contribution in [0.25, 0.3) is 0 Å². The van der Waals surface area contributed by atoms with Crippen LogP contribution < -0.4 is 11.5 Å². The van der Waals surface area contributed by atoms with Gasteiger partial charge in [0.25, 0.3) is 0 Å². The van der Waals surface area contributed by atoms with E-state index in [9.17, 15) is 18.7 Å². The number of alkyl halides is 1. The zero-order valence-electron chi connectivity index (χ0n) is 13.6. The van der Waals surface area contributed by atoms with E-state index in [1.165, 1.54) is 26.0 Å². The van der Waals surface area contributed by atoms with E-state index in [2.05, 4.69) is 0 Å². The van der Waals surface area contributed by atoms with Crippen LogP contribution in [0.2, 0.25) is 0 Å². The SMILES string of the molecule is CC(C)(F)CC[C@H](C[C@H](O)[C@@H](N)Cc1ccc(F)cc1)C(N)=O. The molecule has 0 spiro atoms. The molecule has 0 aromatic heterocycles. The molecule has 0 aliphatic carbocycles. The zero-order valence-corrected chi connectivity index (χ0v) is 13.6. The van der Waals surface area contributed by atoms with E-state index in [4.69, 9.17) is 11.5 Å². The molecule has 0 bridgehead atoms. The summed E-state index contributed by atoms with van der Waals surface area (Å²) in [7, 11) is 0. The van der Waals surface area contributed by atoms with E-state index in [-0.39, 0.29) is 25.1 Å². The van der Waals surface area contributed by atoms with Crippen LogP contribution in [0.5, 0.6) is 0 Å². The Labute approximate surface area is 135 Å². The van der Waals surface area contributed by atoms with Gasteiger partial charge in [-0.25, -0.2) is 8.78 Å². The Morgan fingerprint density at radius 3 is 2.35 bits per heavy atom. The highest BCUT2D eigenvalue weighted by Crippen LogP contribution is 2.23. The van der Waals surface area contributed by atoms with Crippen LogP contribution in [0.4, 0.5) is 8.78 Å². The number of primary amides is 1. The van der Waals surface area contributed by atoms with Crippen molar-refractivity contribution in [2.75, 3.05) is 0 Å². The van der Waals surface area contributed by atoms with Crippen LogP contribution in [0.15, 0.2) is 24.3 Å². The van der Waals surface area contributed by atoms with Crippen LogP contribution in [0.3, 0.4) is 0 Å². The number of nitrogens with two attached hydrogens (primary N) is 2. The maximum atomic E-state index is 13.6. The summed E-state index contributed by atoms with van der Waals surface area (Å²) < 4.78 is 26.4. The molecule has 1 rings (SSSR count). The molecule has 0 unspecified atom stereocenters. The minimum Gasteiger partial charge on any atom is -0.391 e. The van der Waals surface area contributed by atoms with Crippen molar-refractivity contribution in [3.05, 3.63) is 35.6 Å². The van der Waals surface area contributed by atoms with Crippen molar-refractivity contribution < 1.29 is 18.7 Å². The summed E-state index contributed by atoms with van der Waals surface area (Å²) in [5.41, 5.74) is 10.7. The normalized spacial score (nSPS) is 15.9. The number of aliphatic hydroxyl groups is 1. The molecular formula is C17H26F2N2O2. The molecule has 0 aliphatic rings. The summed E-state index contributed by atoms with van der Waals surface area (Å²) in [5.74, 6) is -1.54. The number of aliphatic hydroxyl groups excluding tert-OH is 1. The van der Waals surface area contributed by atoms with E-state index >= 15 is 0 Å². The molecule has 130 valence electrons. The topological polar surface area (TPSA) is 89.3 Å². The third-order valence-electron chi connectivity index (χ3n) is 3.89. The molecule has 1 aromatic rings. The number of rotatable bonds is 9. The first kappa shape index (κ1) is 19.5. The van der Waals surface area contributed by atoms with Gasteiger partial charge in [-0.05, 0) is 57.2 Å². The Morgan fingerprint density at radius 1 is 1.30 bits per heavy atom. The number of carbonyl (C=O) groups excluding carboxylic acids is 1. The van der Waals surface area contributed by atoms with Crippen molar-refractivity contribution in [2.24, 2.45) is 17.4 Å². The second-order valence-corrected chi connectivity index (χ2v) is 6.65. The second kappa shape index (κ2) is 8.36. The first-order chi connectivity index (χ1) is 10.6. The Balaban J connectivity index is 2.57. The fraction of sp³-hybridized carbons (Fsp3) is 0.588. The van der Waals surface area contributed by atoms with Gasteiger partial charge in [0.1, 0.15) is 11.5 Å². The summed E-state index contributed by atoms with van der Waals surface area (Å²) in [6.45, 7) is 2.86. The average Bonchev–Trinajstić information content (AvgIpc) is 2.44. The lowest BCUT2D eigenvalue weighted by Crippen LogP contribution is -2.40. The minimum absolute atomic E-state index is 0.0910. The van der Waals surface area contributed by atoms with Gasteiger partial charge in [-0.15, -0.1) is 0 Å². The van der Waals surface area contributed by atoms with Gasteiger partial charge in [-0.2, -0.15) is 0 Å². The largest absolute Gasteiger partial charge is 0.391 e. The maximum Gasteiger partial charge on any atom is 0.220 e. The summed E-state index contributed by atoms with van der Waals surface area (Å²) in [4.78, 5) is 11.5. The molecule has 0 aliphatic heterocycles. The molecule has 4 nitrogen and oxygen atoms in total. The smallest absolute Gasteiger partial charge is 0.220 e. The standard InChI is InChI=1S/C17H26F2N2O2/c1-17(2,19)8-7-12(16(21)23)10-15(22)14(20)9-11-3-5-13(18)6-4-11/h3-6,12,14-15,22H,7-10,20H2,1-2H3,(H2,21,23)/t12-,14+,15+/m1/s1. The number of halogens is 2. The number of carbonyl (C=O) groups is 1. The predicted octanol–water partition coefficient (Wildman–Crippen LogP) is 2.08. The van der Waals surface area contributed by atoms with Crippen molar-refractivity contribution in [2.45, 2.75) is 57.3 Å². The van der Waals surface area contributed by atoms with Gasteiger partial charge in [0.15, 0.2) is 0 Å². The molecule has 1 aromatic carbocycles. The predicted molar refractivity (Wildman–Crippen MR) is 85.8 cm³/mol. The maximum absolute atomic E-state index is 13.6. The first-order valence-electron chi connectivity index (χ1n) is 7.75. The molecule has 0 saturated heterocycles. The Morgan fingerprint density at radius 2 is 1.87 bits per heavy atom. The van der Waals surface area contributed by atoms with Crippen molar-refractivity contribution in [1.29, 1.82) is 0 Å². The summed E-state index contributed by atoms with van der Waals surface area (Å²) in [6, 6.07) is 5.23. The van der Waals surface area contributed by atoms with Gasteiger partial charge in [-0.3, -0.25) is 4.79 Å².